The number of likely N-dealkylation sites (tertiary alicyclic amines) is 1. The van der Waals surface area contributed by atoms with Gasteiger partial charge >= 0.3 is 5.97 Å². The van der Waals surface area contributed by atoms with Gasteiger partial charge in [0, 0.05) is 19.4 Å². The maximum Gasteiger partial charge on any atom is 0.326 e. The number of aliphatic hydroxyl groups excluding tert-OH is 1. The number of aliphatic carboxylic acids is 1. The van der Waals surface area contributed by atoms with Crippen LogP contribution in [-0.4, -0.2) is 45.7 Å². The van der Waals surface area contributed by atoms with Crippen molar-refractivity contribution in [2.24, 2.45) is 0 Å². The van der Waals surface area contributed by atoms with Gasteiger partial charge < -0.3 is 15.1 Å². The summed E-state index contributed by atoms with van der Waals surface area (Å²) in [6, 6.07) is -0.856. The number of carboxylic acids is 1. The van der Waals surface area contributed by atoms with Gasteiger partial charge in [0.05, 0.1) is 6.10 Å². The zero-order chi connectivity index (χ0) is 20.6. The van der Waals surface area contributed by atoms with Crippen molar-refractivity contribution in [1.29, 1.82) is 0 Å². The van der Waals surface area contributed by atoms with E-state index >= 15 is 0 Å². The second-order valence-electron chi connectivity index (χ2n) is 8.12. The summed E-state index contributed by atoms with van der Waals surface area (Å²) < 4.78 is 0. The quantitative estimate of drug-likeness (QED) is 0.282. The van der Waals surface area contributed by atoms with Crippen molar-refractivity contribution < 1.29 is 19.8 Å². The topological polar surface area (TPSA) is 77.8 Å². The summed E-state index contributed by atoms with van der Waals surface area (Å²) in [5.74, 6) is -1.16. The Morgan fingerprint density at radius 3 is 2.00 bits per heavy atom. The zero-order valence-corrected chi connectivity index (χ0v) is 17.8. The number of aliphatic hydroxyl groups is 1. The second kappa shape index (κ2) is 15.5. The summed E-state index contributed by atoms with van der Waals surface area (Å²) >= 11 is 0. The van der Waals surface area contributed by atoms with Crippen molar-refractivity contribution in [3.8, 4) is 0 Å². The van der Waals surface area contributed by atoms with Crippen LogP contribution in [0, 0.1) is 0 Å². The van der Waals surface area contributed by atoms with Crippen LogP contribution in [0.2, 0.25) is 0 Å². The number of allylic oxidation sites excluding steroid dienone is 2. The number of carbonyl (C=O) groups is 2. The van der Waals surface area contributed by atoms with Crippen LogP contribution in [0.1, 0.15) is 103 Å². The first-order chi connectivity index (χ1) is 13.6. The molecule has 28 heavy (non-hydrogen) atoms. The molecular formula is C23H41NO4. The average molecular weight is 396 g/mol. The van der Waals surface area contributed by atoms with E-state index < -0.39 is 18.1 Å². The van der Waals surface area contributed by atoms with Gasteiger partial charge in [0.25, 0.3) is 0 Å². The summed E-state index contributed by atoms with van der Waals surface area (Å²) in [7, 11) is 0. The maximum atomic E-state index is 12.2. The molecule has 2 atom stereocenters. The molecule has 0 aromatic heterocycles. The van der Waals surface area contributed by atoms with E-state index in [0.29, 0.717) is 6.42 Å². The molecule has 2 N–H and O–H groups in total. The van der Waals surface area contributed by atoms with E-state index in [4.69, 9.17) is 5.11 Å². The number of amides is 1. The van der Waals surface area contributed by atoms with Gasteiger partial charge in [-0.25, -0.2) is 4.79 Å². The molecule has 0 aliphatic carbocycles. The van der Waals surface area contributed by atoms with Gasteiger partial charge in [0.2, 0.25) is 5.91 Å². The smallest absolute Gasteiger partial charge is 0.326 e. The number of hydrogen-bond donors (Lipinski definition) is 2. The number of rotatable bonds is 16. The van der Waals surface area contributed by atoms with E-state index in [1.807, 2.05) is 0 Å². The monoisotopic (exact) mass is 395 g/mol. The van der Waals surface area contributed by atoms with E-state index in [1.54, 1.807) is 0 Å². The van der Waals surface area contributed by atoms with Crippen molar-refractivity contribution in [2.75, 3.05) is 6.54 Å². The van der Waals surface area contributed by atoms with Gasteiger partial charge in [-0.1, -0.05) is 70.4 Å². The predicted molar refractivity (Wildman–Crippen MR) is 113 cm³/mol. The Hall–Kier alpha value is -1.36. The third-order valence-corrected chi connectivity index (χ3v) is 5.54. The number of nitrogens with zero attached hydrogens (tertiary/aromatic N) is 1. The van der Waals surface area contributed by atoms with Gasteiger partial charge in [0.1, 0.15) is 6.04 Å². The summed E-state index contributed by atoms with van der Waals surface area (Å²) in [6.07, 6.45) is 20.2. The van der Waals surface area contributed by atoms with Crippen LogP contribution in [0.5, 0.6) is 0 Å². The second-order valence-corrected chi connectivity index (χ2v) is 8.12. The molecule has 5 nitrogen and oxygen atoms in total. The first-order valence-electron chi connectivity index (χ1n) is 11.4. The number of unbranched alkanes of at least 4 members (excludes halogenated alkanes) is 11. The third-order valence-electron chi connectivity index (χ3n) is 5.54. The number of carboxylic acid groups (broad SMARTS) is 1. The van der Waals surface area contributed by atoms with Crippen LogP contribution in [0.15, 0.2) is 12.2 Å². The van der Waals surface area contributed by atoms with Crippen LogP contribution in [0.4, 0.5) is 0 Å². The minimum atomic E-state index is -1.02. The van der Waals surface area contributed by atoms with Gasteiger partial charge in [0.15, 0.2) is 0 Å². The molecule has 1 heterocycles. The maximum absolute atomic E-state index is 12.2. The summed E-state index contributed by atoms with van der Waals surface area (Å²) in [4.78, 5) is 24.7. The van der Waals surface area contributed by atoms with Crippen LogP contribution in [0.25, 0.3) is 0 Å². The molecule has 2 unspecified atom stereocenters. The highest BCUT2D eigenvalue weighted by Crippen LogP contribution is 2.20. The molecule has 1 fully saturated rings. The average Bonchev–Trinajstić information content (AvgIpc) is 3.07. The summed E-state index contributed by atoms with van der Waals surface area (Å²) in [5, 5.41) is 18.8. The van der Waals surface area contributed by atoms with E-state index in [0.717, 1.165) is 25.7 Å². The highest BCUT2D eigenvalue weighted by atomic mass is 16.4. The van der Waals surface area contributed by atoms with Crippen molar-refractivity contribution in [2.45, 2.75) is 115 Å². The third kappa shape index (κ3) is 10.8. The lowest BCUT2D eigenvalue weighted by Gasteiger charge is -2.21. The Labute approximate surface area is 171 Å². The lowest BCUT2D eigenvalue weighted by atomic mass is 10.1. The zero-order valence-electron chi connectivity index (χ0n) is 17.8. The lowest BCUT2D eigenvalue weighted by Crippen LogP contribution is -2.40. The number of β-amino-alcohol motifs (C(OH)–C–C–N with tert-alkyl or cyclic N) is 1. The molecule has 0 saturated carbocycles. The lowest BCUT2D eigenvalue weighted by molar-refractivity contribution is -0.148. The van der Waals surface area contributed by atoms with Crippen molar-refractivity contribution in [3.05, 3.63) is 12.2 Å². The molecule has 0 aromatic carbocycles. The summed E-state index contributed by atoms with van der Waals surface area (Å²) in [5.41, 5.74) is 0. The Balaban J connectivity index is 1.94. The molecule has 1 amide bonds. The fraction of sp³-hybridized carbons (Fsp3) is 0.826. The van der Waals surface area contributed by atoms with Crippen molar-refractivity contribution in [1.82, 2.24) is 4.90 Å². The molecule has 0 spiro atoms. The molecular weight excluding hydrogens is 354 g/mol. The standard InChI is InChI=1S/C23H41NO4/c1-2-3-4-5-6-7-8-9-10-11-12-13-14-15-16-17-22(26)24-19-20(25)18-21(24)23(27)28/h9-10,20-21,25H,2-8,11-19H2,1H3,(H,27,28). The first-order valence-corrected chi connectivity index (χ1v) is 11.4. The Morgan fingerprint density at radius 1 is 0.893 bits per heavy atom. The van der Waals surface area contributed by atoms with E-state index in [2.05, 4.69) is 19.1 Å². The number of hydrogen-bond acceptors (Lipinski definition) is 3. The van der Waals surface area contributed by atoms with E-state index in [-0.39, 0.29) is 18.9 Å². The predicted octanol–water partition coefficient (Wildman–Crippen LogP) is 5.07. The Morgan fingerprint density at radius 2 is 1.43 bits per heavy atom. The Bertz CT molecular complexity index is 464. The van der Waals surface area contributed by atoms with Crippen LogP contribution < -0.4 is 0 Å². The number of carbonyl (C=O) groups excluding carboxylic acids is 1. The highest BCUT2D eigenvalue weighted by molar-refractivity contribution is 5.84. The minimum absolute atomic E-state index is 0.137. The first kappa shape index (κ1) is 24.7. The van der Waals surface area contributed by atoms with Crippen LogP contribution in [0.3, 0.4) is 0 Å². The molecule has 0 aromatic rings. The van der Waals surface area contributed by atoms with Gasteiger partial charge in [-0.2, -0.15) is 0 Å². The van der Waals surface area contributed by atoms with E-state index in [9.17, 15) is 14.7 Å². The molecule has 1 aliphatic rings. The SMILES string of the molecule is CCCCCCCCC=CCCCCCCCC(=O)N1CC(O)CC1C(=O)O. The molecule has 1 aliphatic heterocycles. The van der Waals surface area contributed by atoms with Crippen molar-refractivity contribution >= 4 is 11.9 Å². The van der Waals surface area contributed by atoms with Crippen LogP contribution in [-0.2, 0) is 9.59 Å². The fourth-order valence-corrected chi connectivity index (χ4v) is 3.81. The van der Waals surface area contributed by atoms with Gasteiger partial charge in [-0.15, -0.1) is 0 Å². The fourth-order valence-electron chi connectivity index (χ4n) is 3.81. The molecule has 162 valence electrons. The largest absolute Gasteiger partial charge is 0.480 e. The minimum Gasteiger partial charge on any atom is -0.480 e. The molecule has 0 radical (unpaired) electrons. The molecule has 5 heteroatoms. The van der Waals surface area contributed by atoms with E-state index in [1.165, 1.54) is 62.7 Å². The molecule has 0 bridgehead atoms. The van der Waals surface area contributed by atoms with Gasteiger partial charge in [-0.05, 0) is 32.1 Å². The Kier molecular flexibility index (Phi) is 13.7. The van der Waals surface area contributed by atoms with Gasteiger partial charge in [-0.3, -0.25) is 4.79 Å². The van der Waals surface area contributed by atoms with Crippen molar-refractivity contribution in [3.63, 3.8) is 0 Å². The normalized spacial score (nSPS) is 19.6. The molecule has 1 rings (SSSR count). The van der Waals surface area contributed by atoms with Crippen LogP contribution >= 0.6 is 0 Å². The molecule has 1 saturated heterocycles. The summed E-state index contributed by atoms with van der Waals surface area (Å²) in [6.45, 7) is 2.40. The highest BCUT2D eigenvalue weighted by Gasteiger charge is 2.38.